The maximum atomic E-state index is 11.1. The highest BCUT2D eigenvalue weighted by Gasteiger charge is 2.17. The average Bonchev–Trinajstić information content (AvgIpc) is 2.32. The number of rotatable bonds is 4. The van der Waals surface area contributed by atoms with E-state index in [4.69, 9.17) is 4.74 Å². The molecule has 0 amide bonds. The molecule has 1 fully saturated rings. The van der Waals surface area contributed by atoms with Crippen molar-refractivity contribution in [1.29, 1.82) is 0 Å². The first-order valence-electron chi connectivity index (χ1n) is 6.24. The SMILES string of the molecule is CS(=O)(=O)Nc1cnc(OC2CCCCC2)c(Br)c1. The molecule has 5 nitrogen and oxygen atoms in total. The molecule has 1 aromatic heterocycles. The standard InChI is InChI=1S/C12H17BrN2O3S/c1-19(16,17)15-9-7-11(13)12(14-8-9)18-10-5-3-2-4-6-10/h7-8,10,15H,2-6H2,1H3. The van der Waals surface area contributed by atoms with Crippen LogP contribution in [0.25, 0.3) is 0 Å². The van der Waals surface area contributed by atoms with E-state index in [-0.39, 0.29) is 6.10 Å². The number of aromatic nitrogens is 1. The smallest absolute Gasteiger partial charge is 0.229 e. The van der Waals surface area contributed by atoms with Crippen molar-refractivity contribution < 1.29 is 13.2 Å². The molecule has 1 aliphatic rings. The lowest BCUT2D eigenvalue weighted by atomic mass is 9.98. The predicted octanol–water partition coefficient (Wildman–Crippen LogP) is 2.93. The monoisotopic (exact) mass is 348 g/mol. The first-order chi connectivity index (χ1) is 8.94. The summed E-state index contributed by atoms with van der Waals surface area (Å²) in [6.07, 6.45) is 8.54. The second kappa shape index (κ2) is 6.09. The Balaban J connectivity index is 2.06. The quantitative estimate of drug-likeness (QED) is 0.908. The van der Waals surface area contributed by atoms with Crippen LogP contribution in [0.1, 0.15) is 32.1 Å². The van der Waals surface area contributed by atoms with E-state index >= 15 is 0 Å². The number of sulfonamides is 1. The highest BCUT2D eigenvalue weighted by atomic mass is 79.9. The fourth-order valence-corrected chi connectivity index (χ4v) is 3.11. The fraction of sp³-hybridized carbons (Fsp3) is 0.583. The van der Waals surface area contributed by atoms with Gasteiger partial charge in [-0.25, -0.2) is 13.4 Å². The van der Waals surface area contributed by atoms with Gasteiger partial charge in [-0.15, -0.1) is 0 Å². The van der Waals surface area contributed by atoms with Gasteiger partial charge in [0.1, 0.15) is 6.10 Å². The van der Waals surface area contributed by atoms with Crippen molar-refractivity contribution in [3.63, 3.8) is 0 Å². The highest BCUT2D eigenvalue weighted by Crippen LogP contribution is 2.29. The van der Waals surface area contributed by atoms with Gasteiger partial charge in [-0.3, -0.25) is 4.72 Å². The minimum atomic E-state index is -3.29. The van der Waals surface area contributed by atoms with Crippen LogP contribution in [0, 0.1) is 0 Å². The molecule has 0 bridgehead atoms. The normalized spacial score (nSPS) is 17.2. The van der Waals surface area contributed by atoms with Crippen molar-refractivity contribution >= 4 is 31.6 Å². The van der Waals surface area contributed by atoms with Crippen LogP contribution in [0.4, 0.5) is 5.69 Å². The second-order valence-corrected chi connectivity index (χ2v) is 7.37. The Morgan fingerprint density at radius 1 is 1.37 bits per heavy atom. The molecule has 106 valence electrons. The van der Waals surface area contributed by atoms with E-state index < -0.39 is 10.0 Å². The number of hydrogen-bond donors (Lipinski definition) is 1. The van der Waals surface area contributed by atoms with Gasteiger partial charge in [-0.1, -0.05) is 6.42 Å². The predicted molar refractivity (Wildman–Crippen MR) is 77.9 cm³/mol. The molecule has 0 aliphatic heterocycles. The van der Waals surface area contributed by atoms with Crippen molar-refractivity contribution in [2.75, 3.05) is 11.0 Å². The summed E-state index contributed by atoms with van der Waals surface area (Å²) in [4.78, 5) is 4.16. The van der Waals surface area contributed by atoms with Crippen LogP contribution < -0.4 is 9.46 Å². The summed E-state index contributed by atoms with van der Waals surface area (Å²) in [7, 11) is -3.29. The summed E-state index contributed by atoms with van der Waals surface area (Å²) in [5, 5.41) is 0. The molecule has 0 unspecified atom stereocenters. The Morgan fingerprint density at radius 3 is 2.63 bits per heavy atom. The fourth-order valence-electron chi connectivity index (χ4n) is 2.12. The highest BCUT2D eigenvalue weighted by molar-refractivity contribution is 9.10. The first kappa shape index (κ1) is 14.6. The molecule has 1 saturated carbocycles. The molecule has 0 radical (unpaired) electrons. The van der Waals surface area contributed by atoms with Gasteiger partial charge in [0, 0.05) is 0 Å². The van der Waals surface area contributed by atoms with E-state index in [1.165, 1.54) is 25.5 Å². The van der Waals surface area contributed by atoms with Crippen molar-refractivity contribution in [3.05, 3.63) is 16.7 Å². The molecule has 1 aromatic rings. The van der Waals surface area contributed by atoms with E-state index in [2.05, 4.69) is 25.6 Å². The lowest BCUT2D eigenvalue weighted by Gasteiger charge is -2.22. The van der Waals surface area contributed by atoms with Gasteiger partial charge in [-0.2, -0.15) is 0 Å². The maximum Gasteiger partial charge on any atom is 0.229 e. The summed E-state index contributed by atoms with van der Waals surface area (Å²) in [6, 6.07) is 1.66. The Morgan fingerprint density at radius 2 is 2.05 bits per heavy atom. The minimum absolute atomic E-state index is 0.214. The number of ether oxygens (including phenoxy) is 1. The van der Waals surface area contributed by atoms with Gasteiger partial charge in [0.25, 0.3) is 0 Å². The zero-order valence-electron chi connectivity index (χ0n) is 10.7. The van der Waals surface area contributed by atoms with Crippen LogP contribution in [0.5, 0.6) is 5.88 Å². The third-order valence-electron chi connectivity index (χ3n) is 2.94. The van der Waals surface area contributed by atoms with E-state index in [1.54, 1.807) is 6.07 Å². The molecule has 1 aliphatic carbocycles. The molecule has 0 aromatic carbocycles. The van der Waals surface area contributed by atoms with Gasteiger partial charge in [0.05, 0.1) is 22.6 Å². The van der Waals surface area contributed by atoms with Crippen LogP contribution in [0.15, 0.2) is 16.7 Å². The van der Waals surface area contributed by atoms with Crippen LogP contribution in [-0.4, -0.2) is 25.8 Å². The van der Waals surface area contributed by atoms with Crippen LogP contribution in [0.2, 0.25) is 0 Å². The maximum absolute atomic E-state index is 11.1. The van der Waals surface area contributed by atoms with E-state index in [9.17, 15) is 8.42 Å². The van der Waals surface area contributed by atoms with Crippen molar-refractivity contribution in [1.82, 2.24) is 4.98 Å². The van der Waals surface area contributed by atoms with Gasteiger partial charge in [0.15, 0.2) is 0 Å². The number of nitrogens with one attached hydrogen (secondary N) is 1. The van der Waals surface area contributed by atoms with Crippen molar-refractivity contribution in [2.24, 2.45) is 0 Å². The number of nitrogens with zero attached hydrogens (tertiary/aromatic N) is 1. The molecule has 19 heavy (non-hydrogen) atoms. The topological polar surface area (TPSA) is 68.3 Å². The molecule has 1 N–H and O–H groups in total. The molecule has 2 rings (SSSR count). The third-order valence-corrected chi connectivity index (χ3v) is 4.12. The number of hydrogen-bond acceptors (Lipinski definition) is 4. The zero-order chi connectivity index (χ0) is 13.9. The van der Waals surface area contributed by atoms with Crippen LogP contribution in [-0.2, 0) is 10.0 Å². The molecule has 0 spiro atoms. The Bertz CT molecular complexity index is 542. The number of pyridine rings is 1. The summed E-state index contributed by atoms with van der Waals surface area (Å²) in [5.41, 5.74) is 0.422. The van der Waals surface area contributed by atoms with Gasteiger partial charge < -0.3 is 4.74 Å². The molecule has 1 heterocycles. The minimum Gasteiger partial charge on any atom is -0.474 e. The Kier molecular flexibility index (Phi) is 4.67. The summed E-state index contributed by atoms with van der Waals surface area (Å²) >= 11 is 3.36. The molecule has 7 heteroatoms. The number of anilines is 1. The van der Waals surface area contributed by atoms with E-state index in [0.29, 0.717) is 16.0 Å². The first-order valence-corrected chi connectivity index (χ1v) is 8.92. The van der Waals surface area contributed by atoms with Crippen LogP contribution >= 0.6 is 15.9 Å². The largest absolute Gasteiger partial charge is 0.474 e. The lowest BCUT2D eigenvalue weighted by molar-refractivity contribution is 0.147. The van der Waals surface area contributed by atoms with Crippen molar-refractivity contribution in [2.45, 2.75) is 38.2 Å². The Labute approximate surface area is 121 Å². The van der Waals surface area contributed by atoms with Crippen molar-refractivity contribution in [3.8, 4) is 5.88 Å². The summed E-state index contributed by atoms with van der Waals surface area (Å²) < 4.78 is 31.1. The van der Waals surface area contributed by atoms with Gasteiger partial charge >= 0.3 is 0 Å². The van der Waals surface area contributed by atoms with Gasteiger partial charge in [-0.05, 0) is 47.7 Å². The summed E-state index contributed by atoms with van der Waals surface area (Å²) in [5.74, 6) is 0.519. The van der Waals surface area contributed by atoms with Gasteiger partial charge in [0.2, 0.25) is 15.9 Å². The zero-order valence-corrected chi connectivity index (χ0v) is 13.1. The molecular weight excluding hydrogens is 332 g/mol. The second-order valence-electron chi connectivity index (χ2n) is 4.76. The lowest BCUT2D eigenvalue weighted by Crippen LogP contribution is -2.20. The van der Waals surface area contributed by atoms with E-state index in [1.807, 2.05) is 0 Å². The van der Waals surface area contributed by atoms with Crippen LogP contribution in [0.3, 0.4) is 0 Å². The molecular formula is C12H17BrN2O3S. The average molecular weight is 349 g/mol. The third kappa shape index (κ3) is 4.65. The molecule has 0 atom stereocenters. The van der Waals surface area contributed by atoms with E-state index in [0.717, 1.165) is 19.1 Å². The summed E-state index contributed by atoms with van der Waals surface area (Å²) in [6.45, 7) is 0. The molecule has 0 saturated heterocycles. The number of halogens is 1. The Hall–Kier alpha value is -0.820.